The third kappa shape index (κ3) is 4.04. The Balaban J connectivity index is 1.78. The first-order valence-corrected chi connectivity index (χ1v) is 8.34. The van der Waals surface area contributed by atoms with Crippen LogP contribution in [0.4, 0.5) is 0 Å². The number of nitrogens with zero attached hydrogens (tertiary/aromatic N) is 2. The van der Waals surface area contributed by atoms with Gasteiger partial charge in [-0.25, -0.2) is 0 Å². The van der Waals surface area contributed by atoms with Gasteiger partial charge in [-0.15, -0.1) is 0 Å². The molecule has 0 saturated carbocycles. The standard InChI is InChI=1S/C16H29N3O2/c1-4-13(3)19-15(20)9-14(16(19)21)17-10-12(2)11-18-7-5-6-8-18/h12-14,17H,4-11H2,1-3H3. The Morgan fingerprint density at radius 3 is 2.52 bits per heavy atom. The Bertz CT molecular complexity index is 380. The molecule has 0 aromatic rings. The Morgan fingerprint density at radius 2 is 1.90 bits per heavy atom. The Morgan fingerprint density at radius 1 is 1.24 bits per heavy atom. The summed E-state index contributed by atoms with van der Waals surface area (Å²) < 4.78 is 0. The third-order valence-electron chi connectivity index (χ3n) is 4.70. The molecule has 0 bridgehead atoms. The van der Waals surface area contributed by atoms with Crippen molar-refractivity contribution in [1.82, 2.24) is 15.1 Å². The highest BCUT2D eigenvalue weighted by atomic mass is 16.2. The van der Waals surface area contributed by atoms with Gasteiger partial charge in [-0.3, -0.25) is 14.5 Å². The molecule has 2 rings (SSSR count). The minimum absolute atomic E-state index is 0.0128. The van der Waals surface area contributed by atoms with E-state index in [2.05, 4.69) is 17.1 Å². The van der Waals surface area contributed by atoms with Crippen LogP contribution in [0.25, 0.3) is 0 Å². The van der Waals surface area contributed by atoms with Crippen molar-refractivity contribution in [2.24, 2.45) is 5.92 Å². The molecule has 2 fully saturated rings. The molecular formula is C16H29N3O2. The number of hydrogen-bond donors (Lipinski definition) is 1. The third-order valence-corrected chi connectivity index (χ3v) is 4.70. The molecule has 0 spiro atoms. The average molecular weight is 295 g/mol. The second-order valence-electron chi connectivity index (χ2n) is 6.64. The molecule has 0 aromatic carbocycles. The highest BCUT2D eigenvalue weighted by Crippen LogP contribution is 2.18. The fraction of sp³-hybridized carbons (Fsp3) is 0.875. The largest absolute Gasteiger partial charge is 0.305 e. The van der Waals surface area contributed by atoms with Crippen LogP contribution in [0.1, 0.15) is 46.5 Å². The molecular weight excluding hydrogens is 266 g/mol. The zero-order chi connectivity index (χ0) is 15.4. The topological polar surface area (TPSA) is 52.7 Å². The van der Waals surface area contributed by atoms with Crippen LogP contribution in [0.2, 0.25) is 0 Å². The summed E-state index contributed by atoms with van der Waals surface area (Å²) in [4.78, 5) is 28.2. The second-order valence-corrected chi connectivity index (χ2v) is 6.64. The molecule has 120 valence electrons. The molecule has 1 N–H and O–H groups in total. The summed E-state index contributed by atoms with van der Waals surface area (Å²) >= 11 is 0. The van der Waals surface area contributed by atoms with Crippen molar-refractivity contribution in [1.29, 1.82) is 0 Å². The number of nitrogens with one attached hydrogen (secondary N) is 1. The smallest absolute Gasteiger partial charge is 0.247 e. The zero-order valence-corrected chi connectivity index (χ0v) is 13.6. The maximum atomic E-state index is 12.3. The molecule has 2 aliphatic rings. The second kappa shape index (κ2) is 7.36. The molecule has 21 heavy (non-hydrogen) atoms. The van der Waals surface area contributed by atoms with Crippen LogP contribution in [-0.2, 0) is 9.59 Å². The van der Waals surface area contributed by atoms with Gasteiger partial charge in [0.2, 0.25) is 11.8 Å². The van der Waals surface area contributed by atoms with Crippen LogP contribution < -0.4 is 5.32 Å². The molecule has 3 unspecified atom stereocenters. The quantitative estimate of drug-likeness (QED) is 0.718. The molecule has 2 amide bonds. The van der Waals surface area contributed by atoms with E-state index in [4.69, 9.17) is 0 Å². The first-order chi connectivity index (χ1) is 10.0. The summed E-state index contributed by atoms with van der Waals surface area (Å²) in [5.74, 6) is 0.436. The van der Waals surface area contributed by atoms with Gasteiger partial charge in [0, 0.05) is 12.6 Å². The maximum absolute atomic E-state index is 12.3. The van der Waals surface area contributed by atoms with Gasteiger partial charge in [-0.05, 0) is 51.7 Å². The number of amides is 2. The van der Waals surface area contributed by atoms with Crippen LogP contribution in [0.5, 0.6) is 0 Å². The summed E-state index contributed by atoms with van der Waals surface area (Å²) in [5, 5.41) is 3.31. The van der Waals surface area contributed by atoms with Crippen molar-refractivity contribution >= 4 is 11.8 Å². The van der Waals surface area contributed by atoms with Gasteiger partial charge < -0.3 is 10.2 Å². The van der Waals surface area contributed by atoms with E-state index in [1.807, 2.05) is 13.8 Å². The number of carbonyl (C=O) groups is 2. The van der Waals surface area contributed by atoms with Crippen molar-refractivity contribution in [3.8, 4) is 0 Å². The number of likely N-dealkylation sites (tertiary alicyclic amines) is 2. The average Bonchev–Trinajstić information content (AvgIpc) is 3.04. The van der Waals surface area contributed by atoms with Crippen LogP contribution in [0, 0.1) is 5.92 Å². The first kappa shape index (κ1) is 16.4. The van der Waals surface area contributed by atoms with Crippen molar-refractivity contribution in [3.63, 3.8) is 0 Å². The van der Waals surface area contributed by atoms with Crippen LogP contribution in [0.15, 0.2) is 0 Å². The van der Waals surface area contributed by atoms with E-state index in [0.29, 0.717) is 12.3 Å². The van der Waals surface area contributed by atoms with E-state index in [9.17, 15) is 9.59 Å². The highest BCUT2D eigenvalue weighted by Gasteiger charge is 2.40. The lowest BCUT2D eigenvalue weighted by Crippen LogP contribution is -2.44. The van der Waals surface area contributed by atoms with Gasteiger partial charge >= 0.3 is 0 Å². The number of imide groups is 1. The monoisotopic (exact) mass is 295 g/mol. The van der Waals surface area contributed by atoms with Gasteiger partial charge in [0.25, 0.3) is 0 Å². The molecule has 2 heterocycles. The van der Waals surface area contributed by atoms with Gasteiger partial charge in [0.15, 0.2) is 0 Å². The van der Waals surface area contributed by atoms with Crippen LogP contribution in [-0.4, -0.2) is 59.9 Å². The van der Waals surface area contributed by atoms with Crippen molar-refractivity contribution in [3.05, 3.63) is 0 Å². The molecule has 0 aliphatic carbocycles. The summed E-state index contributed by atoms with van der Waals surface area (Å²) in [5.41, 5.74) is 0. The van der Waals surface area contributed by atoms with Gasteiger partial charge in [0.05, 0.1) is 12.5 Å². The molecule has 5 heteroatoms. The predicted octanol–water partition coefficient (Wildman–Crippen LogP) is 1.23. The predicted molar refractivity (Wildman–Crippen MR) is 82.9 cm³/mol. The number of rotatable bonds is 7. The Kier molecular flexibility index (Phi) is 5.76. The summed E-state index contributed by atoms with van der Waals surface area (Å²) in [7, 11) is 0. The number of hydrogen-bond acceptors (Lipinski definition) is 4. The summed E-state index contributed by atoms with van der Waals surface area (Å²) in [6, 6.07) is -0.300. The van der Waals surface area contributed by atoms with Crippen molar-refractivity contribution in [2.45, 2.75) is 58.5 Å². The Hall–Kier alpha value is -0.940. The minimum Gasteiger partial charge on any atom is -0.305 e. The Labute approximate surface area is 128 Å². The molecule has 3 atom stereocenters. The van der Waals surface area contributed by atoms with Gasteiger partial charge in [-0.2, -0.15) is 0 Å². The molecule has 2 aliphatic heterocycles. The molecule has 0 aromatic heterocycles. The van der Waals surface area contributed by atoms with E-state index < -0.39 is 0 Å². The van der Waals surface area contributed by atoms with E-state index in [-0.39, 0.29) is 23.9 Å². The van der Waals surface area contributed by atoms with E-state index in [1.54, 1.807) is 0 Å². The van der Waals surface area contributed by atoms with Gasteiger partial charge in [0.1, 0.15) is 0 Å². The van der Waals surface area contributed by atoms with E-state index in [0.717, 1.165) is 19.5 Å². The number of carbonyl (C=O) groups excluding carboxylic acids is 2. The van der Waals surface area contributed by atoms with Crippen LogP contribution in [0.3, 0.4) is 0 Å². The minimum atomic E-state index is -0.312. The van der Waals surface area contributed by atoms with Crippen LogP contribution >= 0.6 is 0 Å². The first-order valence-electron chi connectivity index (χ1n) is 8.34. The van der Waals surface area contributed by atoms with E-state index in [1.165, 1.54) is 30.8 Å². The molecule has 2 saturated heterocycles. The normalized spacial score (nSPS) is 26.6. The lowest BCUT2D eigenvalue weighted by atomic mass is 10.1. The van der Waals surface area contributed by atoms with E-state index >= 15 is 0 Å². The SMILES string of the molecule is CCC(C)N1C(=O)CC(NCC(C)CN2CCCC2)C1=O. The lowest BCUT2D eigenvalue weighted by molar-refractivity contribution is -0.141. The maximum Gasteiger partial charge on any atom is 0.247 e. The fourth-order valence-electron chi connectivity index (χ4n) is 3.27. The van der Waals surface area contributed by atoms with Crippen molar-refractivity contribution < 1.29 is 9.59 Å². The molecule has 5 nitrogen and oxygen atoms in total. The van der Waals surface area contributed by atoms with Gasteiger partial charge in [-0.1, -0.05) is 13.8 Å². The summed E-state index contributed by atoms with van der Waals surface area (Å²) in [6.45, 7) is 10.4. The lowest BCUT2D eigenvalue weighted by Gasteiger charge is -2.23. The summed E-state index contributed by atoms with van der Waals surface area (Å²) in [6.07, 6.45) is 3.74. The fourth-order valence-corrected chi connectivity index (χ4v) is 3.27. The highest BCUT2D eigenvalue weighted by molar-refractivity contribution is 6.05. The zero-order valence-electron chi connectivity index (χ0n) is 13.6. The molecule has 0 radical (unpaired) electrons. The van der Waals surface area contributed by atoms with Crippen molar-refractivity contribution in [2.75, 3.05) is 26.2 Å².